The Morgan fingerprint density at radius 2 is 1.18 bits per heavy atom. The molecule has 244 valence electrons. The van der Waals surface area contributed by atoms with E-state index in [2.05, 4.69) is 128 Å². The molecule has 0 saturated heterocycles. The van der Waals surface area contributed by atoms with Gasteiger partial charge >= 0.3 is 5.69 Å². The first-order chi connectivity index (χ1) is 24.1. The number of aryl methyl sites for hydroxylation is 2. The van der Waals surface area contributed by atoms with Crippen LogP contribution in [-0.2, 0) is 25.0 Å². The molecular weight excluding hydrogens is 605 g/mol. The molecule has 0 radical (unpaired) electrons. The number of hydrogen-bond donors (Lipinski definition) is 0. The largest absolute Gasteiger partial charge is 0.328 e. The lowest BCUT2D eigenvalue weighted by molar-refractivity contribution is 0.451. The Bertz CT molecular complexity index is 2090. The molecule has 2 heterocycles. The second-order valence-electron chi connectivity index (χ2n) is 12.4. The molecule has 0 fully saturated rings. The SMILES string of the molecule is CCCc1cn(CCC)c(=O)n1Cc1ccc(-c2ccccc2-c2nnnn2C(c2ccccc2)(c2ccccc2)c2ccccc2)cc1. The minimum Gasteiger partial charge on any atom is -0.299 e. The van der Waals surface area contributed by atoms with Gasteiger partial charge in [-0.25, -0.2) is 9.48 Å². The molecule has 49 heavy (non-hydrogen) atoms. The van der Waals surface area contributed by atoms with E-state index in [1.807, 2.05) is 50.3 Å². The molecule has 0 spiro atoms. The zero-order valence-corrected chi connectivity index (χ0v) is 28.0. The van der Waals surface area contributed by atoms with Gasteiger partial charge in [0.25, 0.3) is 0 Å². The molecule has 7 rings (SSSR count). The van der Waals surface area contributed by atoms with E-state index in [1.165, 1.54) is 0 Å². The van der Waals surface area contributed by atoms with Gasteiger partial charge in [-0.3, -0.25) is 9.13 Å². The molecule has 0 atom stereocenters. The van der Waals surface area contributed by atoms with Crippen molar-refractivity contribution in [1.29, 1.82) is 0 Å². The Labute approximate surface area is 287 Å². The number of aromatic nitrogens is 6. The van der Waals surface area contributed by atoms with Crippen molar-refractivity contribution >= 4 is 0 Å². The van der Waals surface area contributed by atoms with E-state index in [-0.39, 0.29) is 5.69 Å². The van der Waals surface area contributed by atoms with E-state index in [9.17, 15) is 4.79 Å². The summed E-state index contributed by atoms with van der Waals surface area (Å²) in [6.07, 6.45) is 4.83. The number of tetrazole rings is 1. The van der Waals surface area contributed by atoms with Crippen LogP contribution in [0.2, 0.25) is 0 Å². The summed E-state index contributed by atoms with van der Waals surface area (Å²) in [4.78, 5) is 13.2. The highest BCUT2D eigenvalue weighted by Gasteiger charge is 2.42. The second-order valence-corrected chi connectivity index (χ2v) is 12.4. The lowest BCUT2D eigenvalue weighted by atomic mass is 9.77. The van der Waals surface area contributed by atoms with Gasteiger partial charge in [0.1, 0.15) is 5.54 Å². The van der Waals surface area contributed by atoms with Gasteiger partial charge in [-0.15, -0.1) is 5.10 Å². The minimum atomic E-state index is -0.850. The third-order valence-electron chi connectivity index (χ3n) is 9.23. The van der Waals surface area contributed by atoms with Crippen molar-refractivity contribution in [2.24, 2.45) is 0 Å². The molecule has 0 N–H and O–H groups in total. The summed E-state index contributed by atoms with van der Waals surface area (Å²) < 4.78 is 5.75. The highest BCUT2D eigenvalue weighted by molar-refractivity contribution is 5.81. The number of nitrogens with zero attached hydrogens (tertiary/aromatic N) is 6. The van der Waals surface area contributed by atoms with Crippen LogP contribution in [0.1, 0.15) is 54.6 Å². The van der Waals surface area contributed by atoms with Crippen LogP contribution in [0.4, 0.5) is 0 Å². The first-order valence-corrected chi connectivity index (χ1v) is 17.1. The van der Waals surface area contributed by atoms with Crippen LogP contribution in [-0.4, -0.2) is 29.3 Å². The average Bonchev–Trinajstić information content (AvgIpc) is 3.76. The summed E-state index contributed by atoms with van der Waals surface area (Å²) in [5.41, 5.74) is 7.51. The van der Waals surface area contributed by atoms with E-state index in [4.69, 9.17) is 10.3 Å². The molecule has 7 nitrogen and oxygen atoms in total. The van der Waals surface area contributed by atoms with Crippen molar-refractivity contribution in [3.8, 4) is 22.5 Å². The van der Waals surface area contributed by atoms with E-state index in [1.54, 1.807) is 0 Å². The summed E-state index contributed by atoms with van der Waals surface area (Å²) in [5.74, 6) is 0.657. The first-order valence-electron chi connectivity index (χ1n) is 17.1. The Hall–Kier alpha value is -5.82. The molecule has 2 aromatic heterocycles. The van der Waals surface area contributed by atoms with Crippen molar-refractivity contribution in [3.63, 3.8) is 0 Å². The Morgan fingerprint density at radius 3 is 1.73 bits per heavy atom. The fourth-order valence-corrected chi connectivity index (χ4v) is 7.00. The van der Waals surface area contributed by atoms with Gasteiger partial charge in [-0.2, -0.15) is 0 Å². The van der Waals surface area contributed by atoms with Gasteiger partial charge < -0.3 is 0 Å². The lowest BCUT2D eigenvalue weighted by Crippen LogP contribution is -2.39. The molecule has 0 unspecified atom stereocenters. The van der Waals surface area contributed by atoms with Crippen LogP contribution in [0.5, 0.6) is 0 Å². The van der Waals surface area contributed by atoms with Gasteiger partial charge in [-0.1, -0.05) is 160 Å². The predicted octanol–water partition coefficient (Wildman–Crippen LogP) is 8.22. The van der Waals surface area contributed by atoms with Crippen LogP contribution in [0.3, 0.4) is 0 Å². The van der Waals surface area contributed by atoms with Crippen molar-refractivity contribution in [3.05, 3.63) is 184 Å². The molecule has 0 saturated carbocycles. The maximum Gasteiger partial charge on any atom is 0.328 e. The molecule has 0 amide bonds. The maximum absolute atomic E-state index is 13.2. The summed E-state index contributed by atoms with van der Waals surface area (Å²) in [6.45, 7) is 5.53. The highest BCUT2D eigenvalue weighted by Crippen LogP contribution is 2.43. The van der Waals surface area contributed by atoms with Crippen LogP contribution < -0.4 is 5.69 Å². The smallest absolute Gasteiger partial charge is 0.299 e. The standard InChI is InChI=1S/C42H40N6O/c1-3-16-37-31-46(29-4-2)41(49)47(37)30-32-25-27-33(28-26-32)38-23-14-15-24-39(38)40-43-44-45-48(40)42(34-17-8-5-9-18-34,35-19-10-6-11-20-35)36-21-12-7-13-22-36/h5-15,17-28,31H,3-4,16,29-30H2,1-2H3. The summed E-state index contributed by atoms with van der Waals surface area (Å²) in [7, 11) is 0. The highest BCUT2D eigenvalue weighted by atomic mass is 16.1. The van der Waals surface area contributed by atoms with E-state index in [0.29, 0.717) is 12.4 Å². The third-order valence-corrected chi connectivity index (χ3v) is 9.23. The molecule has 7 aromatic rings. The number of imidazole rings is 1. The van der Waals surface area contributed by atoms with Crippen LogP contribution in [0, 0.1) is 0 Å². The fourth-order valence-electron chi connectivity index (χ4n) is 7.00. The van der Waals surface area contributed by atoms with Gasteiger partial charge in [-0.05, 0) is 56.6 Å². The Morgan fingerprint density at radius 1 is 0.633 bits per heavy atom. The molecule has 0 bridgehead atoms. The van der Waals surface area contributed by atoms with Crippen LogP contribution in [0.15, 0.2) is 151 Å². The van der Waals surface area contributed by atoms with Gasteiger partial charge in [0.05, 0.1) is 6.54 Å². The van der Waals surface area contributed by atoms with Crippen molar-refractivity contribution in [2.45, 2.75) is 51.7 Å². The zero-order valence-electron chi connectivity index (χ0n) is 28.0. The second kappa shape index (κ2) is 14.1. The molecule has 7 heteroatoms. The van der Waals surface area contributed by atoms with E-state index >= 15 is 0 Å². The third kappa shape index (κ3) is 5.93. The quantitative estimate of drug-likeness (QED) is 0.126. The molecule has 0 aliphatic carbocycles. The lowest BCUT2D eigenvalue weighted by Gasteiger charge is -2.36. The number of benzene rings is 5. The van der Waals surface area contributed by atoms with Crippen molar-refractivity contribution in [1.82, 2.24) is 29.3 Å². The predicted molar refractivity (Wildman–Crippen MR) is 195 cm³/mol. The summed E-state index contributed by atoms with van der Waals surface area (Å²) in [5, 5.41) is 13.8. The molecule has 0 aliphatic rings. The Kier molecular flexibility index (Phi) is 9.15. The van der Waals surface area contributed by atoms with Crippen LogP contribution in [0.25, 0.3) is 22.5 Å². The topological polar surface area (TPSA) is 70.5 Å². The normalized spacial score (nSPS) is 11.6. The first kappa shape index (κ1) is 31.8. The van der Waals surface area contributed by atoms with E-state index in [0.717, 1.165) is 70.4 Å². The minimum absolute atomic E-state index is 0.0605. The summed E-state index contributed by atoms with van der Waals surface area (Å²) in [6, 6.07) is 48.1. The zero-order chi connectivity index (χ0) is 33.6. The van der Waals surface area contributed by atoms with Gasteiger partial charge in [0.15, 0.2) is 5.82 Å². The van der Waals surface area contributed by atoms with Crippen molar-refractivity contribution in [2.75, 3.05) is 0 Å². The van der Waals surface area contributed by atoms with E-state index < -0.39 is 5.54 Å². The average molecular weight is 645 g/mol. The fraction of sp³-hybridized carbons (Fsp3) is 0.190. The molecule has 0 aliphatic heterocycles. The van der Waals surface area contributed by atoms with Crippen molar-refractivity contribution < 1.29 is 0 Å². The van der Waals surface area contributed by atoms with Gasteiger partial charge in [0.2, 0.25) is 0 Å². The number of hydrogen-bond acceptors (Lipinski definition) is 4. The van der Waals surface area contributed by atoms with Gasteiger partial charge in [0, 0.05) is 24.0 Å². The Balaban J connectivity index is 1.34. The molecular formula is C42H40N6O. The van der Waals surface area contributed by atoms with Crippen LogP contribution >= 0.6 is 0 Å². The monoisotopic (exact) mass is 644 g/mol. The molecule has 5 aromatic carbocycles. The summed E-state index contributed by atoms with van der Waals surface area (Å²) >= 11 is 0. The number of rotatable bonds is 12. The maximum atomic E-state index is 13.2.